The molecule has 0 saturated carbocycles. The fraction of sp³-hybridized carbons (Fsp3) is 1.00. The van der Waals surface area contributed by atoms with Gasteiger partial charge in [0.1, 0.15) is 11.8 Å². The second kappa shape index (κ2) is 8.10. The molecule has 1 fully saturated rings. The highest BCUT2D eigenvalue weighted by Crippen LogP contribution is 2.34. The van der Waals surface area contributed by atoms with Crippen LogP contribution in [0.2, 0.25) is 0 Å². The first kappa shape index (κ1) is 15.0. The van der Waals surface area contributed by atoms with E-state index >= 15 is 0 Å². The molecule has 0 spiro atoms. The van der Waals surface area contributed by atoms with Crippen LogP contribution in [0.15, 0.2) is 0 Å². The lowest BCUT2D eigenvalue weighted by atomic mass is 10.0. The molecule has 0 aromatic carbocycles. The van der Waals surface area contributed by atoms with Crippen molar-refractivity contribution in [3.05, 3.63) is 0 Å². The number of unbranched alkanes of at least 4 members (excludes halogenated alkanes) is 9. The molecule has 1 heterocycles. The van der Waals surface area contributed by atoms with Gasteiger partial charge in [0, 0.05) is 0 Å². The summed E-state index contributed by atoms with van der Waals surface area (Å²) in [4.78, 5) is 0. The third-order valence-corrected chi connectivity index (χ3v) is 3.80. The molecule has 0 aliphatic carbocycles. The minimum Gasteiger partial charge on any atom is -0.351 e. The van der Waals surface area contributed by atoms with Crippen molar-refractivity contribution in [3.63, 3.8) is 0 Å². The zero-order valence-corrected chi connectivity index (χ0v) is 11.8. The van der Waals surface area contributed by atoms with Gasteiger partial charge in [-0.25, -0.2) is 0 Å². The van der Waals surface area contributed by atoms with Crippen LogP contribution in [0, 0.1) is 0 Å². The van der Waals surface area contributed by atoms with Gasteiger partial charge < -0.3 is 10.5 Å². The maximum Gasteiger partial charge on any atom is 0.140 e. The van der Waals surface area contributed by atoms with Gasteiger partial charge in [0.25, 0.3) is 0 Å². The van der Waals surface area contributed by atoms with Crippen LogP contribution in [0.5, 0.6) is 0 Å². The summed E-state index contributed by atoms with van der Waals surface area (Å²) in [5.74, 6) is 0. The highest BCUT2D eigenvalue weighted by molar-refractivity contribution is 4.92. The van der Waals surface area contributed by atoms with Crippen molar-refractivity contribution in [1.82, 2.24) is 0 Å². The third-order valence-electron chi connectivity index (χ3n) is 3.80. The van der Waals surface area contributed by atoms with E-state index in [0.29, 0.717) is 6.10 Å². The van der Waals surface area contributed by atoms with Gasteiger partial charge in [-0.15, -0.1) is 0 Å². The van der Waals surface area contributed by atoms with E-state index in [1.807, 2.05) is 6.92 Å². The van der Waals surface area contributed by atoms with E-state index < -0.39 is 0 Å². The maximum absolute atomic E-state index is 5.81. The lowest BCUT2D eigenvalue weighted by molar-refractivity contribution is 0.309. The monoisotopic (exact) mass is 241 g/mol. The number of ether oxygens (including phenoxy) is 1. The van der Waals surface area contributed by atoms with Crippen LogP contribution < -0.4 is 5.73 Å². The number of epoxide rings is 1. The Hall–Kier alpha value is -0.0800. The van der Waals surface area contributed by atoms with E-state index in [0.717, 1.165) is 6.42 Å². The molecule has 0 aromatic rings. The van der Waals surface area contributed by atoms with Crippen molar-refractivity contribution in [3.8, 4) is 0 Å². The Balaban J connectivity index is 1.70. The fourth-order valence-corrected chi connectivity index (χ4v) is 2.44. The summed E-state index contributed by atoms with van der Waals surface area (Å²) in [6.45, 7) is 4.25. The maximum atomic E-state index is 5.81. The predicted octanol–water partition coefficient (Wildman–Crippen LogP) is 4.37. The van der Waals surface area contributed by atoms with Crippen LogP contribution in [-0.2, 0) is 4.74 Å². The van der Waals surface area contributed by atoms with Gasteiger partial charge in [-0.3, -0.25) is 0 Å². The van der Waals surface area contributed by atoms with Crippen molar-refractivity contribution in [2.75, 3.05) is 0 Å². The van der Waals surface area contributed by atoms with Gasteiger partial charge in [0.15, 0.2) is 0 Å². The van der Waals surface area contributed by atoms with Crippen LogP contribution in [0.25, 0.3) is 0 Å². The molecule has 1 aliphatic rings. The molecule has 102 valence electrons. The van der Waals surface area contributed by atoms with Gasteiger partial charge in [0.05, 0.1) is 0 Å². The van der Waals surface area contributed by atoms with E-state index in [4.69, 9.17) is 10.5 Å². The molecule has 17 heavy (non-hydrogen) atoms. The lowest BCUT2D eigenvalue weighted by Crippen LogP contribution is -2.22. The van der Waals surface area contributed by atoms with Crippen LogP contribution >= 0.6 is 0 Å². The summed E-state index contributed by atoms with van der Waals surface area (Å²) in [5, 5.41) is 0. The molecular weight excluding hydrogens is 210 g/mol. The Labute approximate surface area is 107 Å². The number of nitrogens with two attached hydrogens (primary N) is 1. The SMILES string of the molecule is CCCCCCCCCCCCC1OC1(C)N. The molecule has 0 bridgehead atoms. The van der Waals surface area contributed by atoms with Crippen molar-refractivity contribution < 1.29 is 4.74 Å². The Morgan fingerprint density at radius 1 is 0.882 bits per heavy atom. The van der Waals surface area contributed by atoms with Crippen molar-refractivity contribution in [2.45, 2.75) is 96.3 Å². The molecule has 2 unspecified atom stereocenters. The molecule has 2 N–H and O–H groups in total. The summed E-state index contributed by atoms with van der Waals surface area (Å²) in [6, 6.07) is 0. The first-order valence-electron chi connectivity index (χ1n) is 7.63. The molecule has 1 aliphatic heterocycles. The largest absolute Gasteiger partial charge is 0.351 e. The van der Waals surface area contributed by atoms with Gasteiger partial charge in [-0.1, -0.05) is 71.1 Å². The van der Waals surface area contributed by atoms with E-state index in [9.17, 15) is 0 Å². The summed E-state index contributed by atoms with van der Waals surface area (Å²) < 4.78 is 5.36. The van der Waals surface area contributed by atoms with E-state index in [1.54, 1.807) is 0 Å². The zero-order chi connectivity index (χ0) is 12.6. The number of rotatable bonds is 11. The first-order valence-corrected chi connectivity index (χ1v) is 7.63. The van der Waals surface area contributed by atoms with Crippen molar-refractivity contribution in [2.24, 2.45) is 5.73 Å². The summed E-state index contributed by atoms with van der Waals surface area (Å²) >= 11 is 0. The number of hydrogen-bond donors (Lipinski definition) is 1. The molecule has 1 saturated heterocycles. The summed E-state index contributed by atoms with van der Waals surface area (Å²) in [7, 11) is 0. The van der Waals surface area contributed by atoms with Gasteiger partial charge in [-0.2, -0.15) is 0 Å². The number of hydrogen-bond acceptors (Lipinski definition) is 2. The quantitative estimate of drug-likeness (QED) is 0.431. The molecule has 2 nitrogen and oxygen atoms in total. The molecule has 0 radical (unpaired) electrons. The smallest absolute Gasteiger partial charge is 0.140 e. The average molecular weight is 241 g/mol. The lowest BCUT2D eigenvalue weighted by Gasteiger charge is -2.02. The van der Waals surface area contributed by atoms with Crippen LogP contribution in [0.4, 0.5) is 0 Å². The summed E-state index contributed by atoms with van der Waals surface area (Å²) in [5.41, 5.74) is 5.52. The van der Waals surface area contributed by atoms with Gasteiger partial charge >= 0.3 is 0 Å². The minimum absolute atomic E-state index is 0.292. The van der Waals surface area contributed by atoms with Crippen molar-refractivity contribution >= 4 is 0 Å². The average Bonchev–Trinajstić information content (AvgIpc) is 2.89. The molecule has 2 atom stereocenters. The van der Waals surface area contributed by atoms with E-state index in [1.165, 1.54) is 64.2 Å². The second-order valence-corrected chi connectivity index (χ2v) is 5.76. The van der Waals surface area contributed by atoms with Gasteiger partial charge in [-0.05, 0) is 13.3 Å². The minimum atomic E-state index is -0.292. The normalized spacial score (nSPS) is 27.4. The molecule has 0 amide bonds. The van der Waals surface area contributed by atoms with Crippen LogP contribution in [-0.4, -0.2) is 11.8 Å². The summed E-state index contributed by atoms with van der Waals surface area (Å²) in [6.07, 6.45) is 15.4. The Morgan fingerprint density at radius 2 is 1.29 bits per heavy atom. The Morgan fingerprint density at radius 3 is 1.71 bits per heavy atom. The predicted molar refractivity (Wildman–Crippen MR) is 73.9 cm³/mol. The van der Waals surface area contributed by atoms with Gasteiger partial charge in [0.2, 0.25) is 0 Å². The highest BCUT2D eigenvalue weighted by Gasteiger charge is 2.47. The topological polar surface area (TPSA) is 38.5 Å². The molecular formula is C15H31NO. The standard InChI is InChI=1S/C15H31NO/c1-3-4-5-6-7-8-9-10-11-12-13-14-15(2,16)17-14/h14H,3-13,16H2,1-2H3. The molecule has 1 rings (SSSR count). The van der Waals surface area contributed by atoms with E-state index in [2.05, 4.69) is 6.92 Å². The molecule has 0 aromatic heterocycles. The Bertz CT molecular complexity index is 191. The highest BCUT2D eigenvalue weighted by atomic mass is 16.6. The Kier molecular flexibility index (Phi) is 7.14. The molecule has 2 heteroatoms. The van der Waals surface area contributed by atoms with Crippen LogP contribution in [0.3, 0.4) is 0 Å². The van der Waals surface area contributed by atoms with E-state index in [-0.39, 0.29) is 5.72 Å². The van der Waals surface area contributed by atoms with Crippen LogP contribution in [0.1, 0.15) is 84.5 Å². The fourth-order valence-electron chi connectivity index (χ4n) is 2.44. The first-order chi connectivity index (χ1) is 8.17. The van der Waals surface area contributed by atoms with Crippen molar-refractivity contribution in [1.29, 1.82) is 0 Å². The zero-order valence-electron chi connectivity index (χ0n) is 11.8. The third kappa shape index (κ3) is 7.05. The second-order valence-electron chi connectivity index (χ2n) is 5.76.